The van der Waals surface area contributed by atoms with E-state index in [0.29, 0.717) is 24.3 Å². The van der Waals surface area contributed by atoms with Gasteiger partial charge in [0.1, 0.15) is 0 Å². The van der Waals surface area contributed by atoms with Gasteiger partial charge in [0.25, 0.3) is 0 Å². The van der Waals surface area contributed by atoms with Gasteiger partial charge in [0, 0.05) is 25.6 Å². The molecule has 0 spiro atoms. The molecule has 0 radical (unpaired) electrons. The third-order valence-corrected chi connectivity index (χ3v) is 5.15. The maximum Gasteiger partial charge on any atom is 0.225 e. The molecule has 1 heterocycles. The highest BCUT2D eigenvalue weighted by Gasteiger charge is 2.43. The average Bonchev–Trinajstić information content (AvgIpc) is 3.08. The Morgan fingerprint density at radius 3 is 2.60 bits per heavy atom. The first kappa shape index (κ1) is 15.8. The number of likely N-dealkylation sites (tertiary alicyclic amines) is 1. The van der Waals surface area contributed by atoms with Crippen LogP contribution in [0.15, 0.2) is 0 Å². The number of amides is 1. The van der Waals surface area contributed by atoms with Crippen molar-refractivity contribution in [3.05, 3.63) is 0 Å². The van der Waals surface area contributed by atoms with Gasteiger partial charge < -0.3 is 10.0 Å². The van der Waals surface area contributed by atoms with Crippen molar-refractivity contribution in [1.29, 1.82) is 0 Å². The van der Waals surface area contributed by atoms with Gasteiger partial charge in [-0.1, -0.05) is 20.8 Å². The van der Waals surface area contributed by atoms with Crippen molar-refractivity contribution in [3.63, 3.8) is 0 Å². The van der Waals surface area contributed by atoms with Crippen molar-refractivity contribution in [2.75, 3.05) is 19.7 Å². The Morgan fingerprint density at radius 1 is 1.35 bits per heavy atom. The summed E-state index contributed by atoms with van der Waals surface area (Å²) in [5.41, 5.74) is 0.221. The van der Waals surface area contributed by atoms with Crippen LogP contribution >= 0.6 is 0 Å². The first-order valence-corrected chi connectivity index (χ1v) is 8.35. The molecule has 2 aliphatic rings. The number of nitrogens with zero attached hydrogens (tertiary/aromatic N) is 1. The molecule has 0 bridgehead atoms. The lowest BCUT2D eigenvalue weighted by Crippen LogP contribution is -2.29. The number of aliphatic hydroxyl groups is 1. The summed E-state index contributed by atoms with van der Waals surface area (Å²) in [5.74, 6) is 1.85. The molecule has 1 saturated heterocycles. The molecule has 1 amide bonds. The Hall–Kier alpha value is -0.570. The Bertz CT molecular complexity index is 336. The van der Waals surface area contributed by atoms with Crippen molar-refractivity contribution in [3.8, 4) is 0 Å². The zero-order chi connectivity index (χ0) is 14.8. The second-order valence-corrected chi connectivity index (χ2v) is 7.70. The van der Waals surface area contributed by atoms with Crippen LogP contribution in [-0.2, 0) is 4.79 Å². The molecule has 2 rings (SSSR count). The fourth-order valence-electron chi connectivity index (χ4n) is 3.57. The quantitative estimate of drug-likeness (QED) is 0.743. The second kappa shape index (κ2) is 6.46. The minimum Gasteiger partial charge on any atom is -0.396 e. The minimum atomic E-state index is 0.221. The van der Waals surface area contributed by atoms with Gasteiger partial charge >= 0.3 is 0 Å². The van der Waals surface area contributed by atoms with E-state index in [4.69, 9.17) is 0 Å². The van der Waals surface area contributed by atoms with E-state index in [2.05, 4.69) is 25.7 Å². The summed E-state index contributed by atoms with van der Waals surface area (Å²) in [4.78, 5) is 14.4. The van der Waals surface area contributed by atoms with Crippen molar-refractivity contribution in [2.24, 2.45) is 23.2 Å². The number of hydrogen-bond acceptors (Lipinski definition) is 2. The summed E-state index contributed by atoms with van der Waals surface area (Å²) in [6.45, 7) is 8.89. The van der Waals surface area contributed by atoms with Gasteiger partial charge in [-0.2, -0.15) is 0 Å². The van der Waals surface area contributed by atoms with Crippen LogP contribution < -0.4 is 0 Å². The van der Waals surface area contributed by atoms with E-state index >= 15 is 0 Å². The Balaban J connectivity index is 1.75. The molecule has 1 aliphatic carbocycles. The monoisotopic (exact) mass is 281 g/mol. The summed E-state index contributed by atoms with van der Waals surface area (Å²) < 4.78 is 0. The normalized spacial score (nSPS) is 26.4. The zero-order valence-corrected chi connectivity index (χ0v) is 13.4. The SMILES string of the molecule is CC(C)CCN1CCC(CC(C)CC2(CO)CC2)C1=O. The Kier molecular flexibility index (Phi) is 5.11. The van der Waals surface area contributed by atoms with Crippen molar-refractivity contribution < 1.29 is 9.90 Å². The molecular formula is C17H31NO2. The van der Waals surface area contributed by atoms with Crippen LogP contribution in [0.1, 0.15) is 59.3 Å². The first-order valence-electron chi connectivity index (χ1n) is 8.35. The van der Waals surface area contributed by atoms with Crippen LogP contribution in [-0.4, -0.2) is 35.6 Å². The Morgan fingerprint density at radius 2 is 2.05 bits per heavy atom. The number of aliphatic hydroxyl groups excluding tert-OH is 1. The van der Waals surface area contributed by atoms with Gasteiger partial charge in [-0.3, -0.25) is 4.79 Å². The summed E-state index contributed by atoms with van der Waals surface area (Å²) >= 11 is 0. The van der Waals surface area contributed by atoms with E-state index in [1.54, 1.807) is 0 Å². The molecule has 20 heavy (non-hydrogen) atoms. The van der Waals surface area contributed by atoms with Crippen molar-refractivity contribution in [1.82, 2.24) is 4.90 Å². The molecule has 1 N–H and O–H groups in total. The fourth-order valence-corrected chi connectivity index (χ4v) is 3.57. The van der Waals surface area contributed by atoms with E-state index in [1.807, 2.05) is 0 Å². The first-order chi connectivity index (χ1) is 9.46. The maximum absolute atomic E-state index is 12.4. The van der Waals surface area contributed by atoms with Gasteiger partial charge in [0.2, 0.25) is 5.91 Å². The van der Waals surface area contributed by atoms with Crippen LogP contribution in [0.5, 0.6) is 0 Å². The summed E-state index contributed by atoms with van der Waals surface area (Å²) in [6.07, 6.45) is 6.60. The molecule has 3 heteroatoms. The lowest BCUT2D eigenvalue weighted by Gasteiger charge is -2.21. The standard InChI is InChI=1S/C17H31NO2/c1-13(2)4-8-18-9-5-15(16(18)20)10-14(3)11-17(12-19)6-7-17/h13-15,19H,4-12H2,1-3H3. The van der Waals surface area contributed by atoms with Crippen LogP contribution in [0.25, 0.3) is 0 Å². The largest absolute Gasteiger partial charge is 0.396 e. The molecule has 0 aromatic heterocycles. The lowest BCUT2D eigenvalue weighted by molar-refractivity contribution is -0.131. The number of rotatable bonds is 8. The van der Waals surface area contributed by atoms with E-state index in [0.717, 1.165) is 38.8 Å². The van der Waals surface area contributed by atoms with Gasteiger partial charge in [-0.05, 0) is 55.8 Å². The van der Waals surface area contributed by atoms with Crippen LogP contribution in [0, 0.1) is 23.2 Å². The van der Waals surface area contributed by atoms with E-state index < -0.39 is 0 Å². The number of carbonyl (C=O) groups is 1. The van der Waals surface area contributed by atoms with E-state index in [-0.39, 0.29) is 11.3 Å². The van der Waals surface area contributed by atoms with Gasteiger partial charge in [0.05, 0.1) is 0 Å². The minimum absolute atomic E-state index is 0.221. The highest BCUT2D eigenvalue weighted by molar-refractivity contribution is 5.80. The predicted octanol–water partition coefficient (Wildman–Crippen LogP) is 3.07. The van der Waals surface area contributed by atoms with Crippen LogP contribution in [0.3, 0.4) is 0 Å². The van der Waals surface area contributed by atoms with Gasteiger partial charge in [0.15, 0.2) is 0 Å². The van der Waals surface area contributed by atoms with Crippen LogP contribution in [0.4, 0.5) is 0 Å². The van der Waals surface area contributed by atoms with E-state index in [9.17, 15) is 9.90 Å². The lowest BCUT2D eigenvalue weighted by atomic mass is 9.86. The highest BCUT2D eigenvalue weighted by atomic mass is 16.3. The Labute approximate surface area is 123 Å². The number of hydrogen-bond donors (Lipinski definition) is 1. The molecule has 3 nitrogen and oxygen atoms in total. The van der Waals surface area contributed by atoms with Crippen molar-refractivity contribution >= 4 is 5.91 Å². The topological polar surface area (TPSA) is 40.5 Å². The van der Waals surface area contributed by atoms with E-state index in [1.165, 1.54) is 12.8 Å². The molecule has 116 valence electrons. The highest BCUT2D eigenvalue weighted by Crippen LogP contribution is 2.51. The molecule has 2 fully saturated rings. The van der Waals surface area contributed by atoms with Gasteiger partial charge in [-0.15, -0.1) is 0 Å². The smallest absolute Gasteiger partial charge is 0.225 e. The average molecular weight is 281 g/mol. The molecule has 1 saturated carbocycles. The summed E-state index contributed by atoms with van der Waals surface area (Å²) in [6, 6.07) is 0. The van der Waals surface area contributed by atoms with Crippen LogP contribution in [0.2, 0.25) is 0 Å². The fraction of sp³-hybridized carbons (Fsp3) is 0.941. The second-order valence-electron chi connectivity index (χ2n) is 7.70. The molecule has 2 atom stereocenters. The third-order valence-electron chi connectivity index (χ3n) is 5.15. The molecule has 2 unspecified atom stereocenters. The molecular weight excluding hydrogens is 250 g/mol. The van der Waals surface area contributed by atoms with Gasteiger partial charge in [-0.25, -0.2) is 0 Å². The molecule has 0 aromatic carbocycles. The third kappa shape index (κ3) is 3.97. The maximum atomic E-state index is 12.4. The summed E-state index contributed by atoms with van der Waals surface area (Å²) in [7, 11) is 0. The number of carbonyl (C=O) groups excluding carboxylic acids is 1. The zero-order valence-electron chi connectivity index (χ0n) is 13.4. The van der Waals surface area contributed by atoms with Crippen molar-refractivity contribution in [2.45, 2.75) is 59.3 Å². The molecule has 1 aliphatic heterocycles. The predicted molar refractivity (Wildman–Crippen MR) is 81.3 cm³/mol. The summed E-state index contributed by atoms with van der Waals surface area (Å²) in [5, 5.41) is 9.41. The molecule has 0 aromatic rings.